The summed E-state index contributed by atoms with van der Waals surface area (Å²) in [5.74, 6) is -1.29. The Morgan fingerprint density at radius 1 is 1.64 bits per heavy atom. The molecule has 62 valence electrons. The maximum Gasteiger partial charge on any atom is 0.305 e. The summed E-state index contributed by atoms with van der Waals surface area (Å²) in [5.41, 5.74) is 0. The highest BCUT2D eigenvalue weighted by atomic mass is 16.4. The van der Waals surface area contributed by atoms with Gasteiger partial charge in [0.15, 0.2) is 0 Å². The van der Waals surface area contributed by atoms with Crippen LogP contribution in [0.4, 0.5) is 0 Å². The minimum Gasteiger partial charge on any atom is -0.481 e. The lowest BCUT2D eigenvalue weighted by atomic mass is 10.4. The second-order valence-electron chi connectivity index (χ2n) is 1.99. The van der Waals surface area contributed by atoms with Gasteiger partial charge in [-0.1, -0.05) is 0 Å². The Balaban J connectivity index is 3.79. The molecule has 0 fully saturated rings. The molecule has 0 spiro atoms. The molecule has 0 aliphatic heterocycles. The molecule has 0 aromatic carbocycles. The molecule has 0 aromatic rings. The van der Waals surface area contributed by atoms with E-state index in [1.54, 1.807) is 0 Å². The Hall–Kier alpha value is -1.39. The smallest absolute Gasteiger partial charge is 0.305 e. The fraction of sp³-hybridized carbons (Fsp3) is 0.500. The zero-order valence-electron chi connectivity index (χ0n) is 6.20. The van der Waals surface area contributed by atoms with Gasteiger partial charge in [-0.05, 0) is 0 Å². The monoisotopic (exact) mass is 158 g/mol. The molecule has 0 unspecified atom stereocenters. The third-order valence-corrected chi connectivity index (χ3v) is 1.13. The highest BCUT2D eigenvalue weighted by Crippen LogP contribution is 1.88. The first-order valence-electron chi connectivity index (χ1n) is 3.07. The number of carbonyl (C=O) groups excluding carboxylic acids is 1. The number of amides is 1. The number of carboxylic acids is 1. The van der Waals surface area contributed by atoms with Crippen LogP contribution in [0, 0.1) is 5.41 Å². The van der Waals surface area contributed by atoms with Crippen molar-refractivity contribution in [3.05, 3.63) is 0 Å². The van der Waals surface area contributed by atoms with Gasteiger partial charge >= 0.3 is 5.97 Å². The number of hydrogen-bond acceptors (Lipinski definition) is 3. The Morgan fingerprint density at radius 2 is 2.18 bits per heavy atom. The maximum absolute atomic E-state index is 10.6. The third-order valence-electron chi connectivity index (χ3n) is 1.13. The molecule has 5 heteroatoms. The van der Waals surface area contributed by atoms with Crippen molar-refractivity contribution in [1.29, 1.82) is 5.41 Å². The number of nitrogens with one attached hydrogen (secondary N) is 1. The van der Waals surface area contributed by atoms with Crippen molar-refractivity contribution < 1.29 is 14.7 Å². The van der Waals surface area contributed by atoms with Crippen LogP contribution >= 0.6 is 0 Å². The summed E-state index contributed by atoms with van der Waals surface area (Å²) < 4.78 is 0. The maximum atomic E-state index is 10.6. The Labute approximate surface area is 64.1 Å². The Bertz CT molecular complexity index is 179. The van der Waals surface area contributed by atoms with E-state index in [9.17, 15) is 9.59 Å². The van der Waals surface area contributed by atoms with Gasteiger partial charge in [0.1, 0.15) is 0 Å². The van der Waals surface area contributed by atoms with Gasteiger partial charge in [0.25, 0.3) is 0 Å². The normalized spacial score (nSPS) is 8.82. The highest BCUT2D eigenvalue weighted by molar-refractivity contribution is 5.85. The second kappa shape index (κ2) is 4.43. The Morgan fingerprint density at radius 3 is 2.45 bits per heavy atom. The number of aliphatic carboxylic acids is 1. The average molecular weight is 158 g/mol. The lowest BCUT2D eigenvalue weighted by molar-refractivity contribution is -0.137. The summed E-state index contributed by atoms with van der Waals surface area (Å²) in [7, 11) is 0. The highest BCUT2D eigenvalue weighted by Gasteiger charge is 2.06. The quantitative estimate of drug-likeness (QED) is 0.443. The first-order valence-corrected chi connectivity index (χ1v) is 3.07. The molecule has 0 aliphatic carbocycles. The molecule has 0 heterocycles. The van der Waals surface area contributed by atoms with Crippen LogP contribution in [0.1, 0.15) is 13.3 Å². The first kappa shape index (κ1) is 9.61. The fourth-order valence-electron chi connectivity index (χ4n) is 0.529. The molecule has 2 N–H and O–H groups in total. The minimum absolute atomic E-state index is 0.0637. The van der Waals surface area contributed by atoms with E-state index in [4.69, 9.17) is 10.5 Å². The van der Waals surface area contributed by atoms with Crippen molar-refractivity contribution in [2.24, 2.45) is 0 Å². The number of nitrogens with zero attached hydrogens (tertiary/aromatic N) is 1. The Kier molecular flexibility index (Phi) is 3.87. The van der Waals surface area contributed by atoms with Crippen LogP contribution in [0.15, 0.2) is 0 Å². The van der Waals surface area contributed by atoms with Crippen LogP contribution in [0.25, 0.3) is 0 Å². The number of rotatable bonds is 4. The molecule has 0 rings (SSSR count). The molecule has 0 saturated carbocycles. The molecule has 5 nitrogen and oxygen atoms in total. The van der Waals surface area contributed by atoms with Crippen molar-refractivity contribution in [2.45, 2.75) is 13.3 Å². The van der Waals surface area contributed by atoms with Gasteiger partial charge in [-0.15, -0.1) is 0 Å². The largest absolute Gasteiger partial charge is 0.481 e. The average Bonchev–Trinajstić information content (AvgIpc) is 1.87. The van der Waals surface area contributed by atoms with Crippen molar-refractivity contribution in [2.75, 3.05) is 6.54 Å². The van der Waals surface area contributed by atoms with Crippen LogP contribution in [0.5, 0.6) is 0 Å². The van der Waals surface area contributed by atoms with Crippen LogP contribution in [0.2, 0.25) is 0 Å². The molecular formula is C6H10N2O3. The zero-order chi connectivity index (χ0) is 8.85. The van der Waals surface area contributed by atoms with E-state index in [0.717, 1.165) is 11.2 Å². The van der Waals surface area contributed by atoms with E-state index in [2.05, 4.69) is 0 Å². The second-order valence-corrected chi connectivity index (χ2v) is 1.99. The summed E-state index contributed by atoms with van der Waals surface area (Å²) in [6.07, 6.45) is 0.695. The van der Waals surface area contributed by atoms with Gasteiger partial charge in [0.05, 0.1) is 12.8 Å². The summed E-state index contributed by atoms with van der Waals surface area (Å²) in [6, 6.07) is 0. The van der Waals surface area contributed by atoms with Crippen LogP contribution < -0.4 is 0 Å². The summed E-state index contributed by atoms with van der Waals surface area (Å²) in [5, 5.41) is 14.9. The predicted octanol–water partition coefficient (Wildman–Crippen LogP) is -0.0833. The van der Waals surface area contributed by atoms with E-state index in [1.807, 2.05) is 0 Å². The van der Waals surface area contributed by atoms with Gasteiger partial charge in [0, 0.05) is 13.5 Å². The van der Waals surface area contributed by atoms with Crippen LogP contribution in [-0.2, 0) is 9.59 Å². The van der Waals surface area contributed by atoms with Crippen molar-refractivity contribution in [3.8, 4) is 0 Å². The van der Waals surface area contributed by atoms with Gasteiger partial charge in [-0.2, -0.15) is 0 Å². The molecule has 0 radical (unpaired) electrons. The zero-order valence-corrected chi connectivity index (χ0v) is 6.20. The van der Waals surface area contributed by atoms with E-state index < -0.39 is 5.97 Å². The first-order chi connectivity index (χ1) is 5.07. The van der Waals surface area contributed by atoms with Crippen molar-refractivity contribution in [3.63, 3.8) is 0 Å². The van der Waals surface area contributed by atoms with E-state index in [1.165, 1.54) is 6.92 Å². The number of carbonyl (C=O) groups is 2. The third kappa shape index (κ3) is 4.07. The van der Waals surface area contributed by atoms with Crippen LogP contribution in [-0.4, -0.2) is 34.8 Å². The summed E-state index contributed by atoms with van der Waals surface area (Å²) in [4.78, 5) is 21.6. The van der Waals surface area contributed by atoms with E-state index >= 15 is 0 Å². The number of carboxylic acid groups (broad SMARTS) is 1. The topological polar surface area (TPSA) is 81.5 Å². The molecule has 0 aliphatic rings. The van der Waals surface area contributed by atoms with Gasteiger partial charge in [-0.3, -0.25) is 15.0 Å². The molecule has 0 bridgehead atoms. The molecule has 0 aromatic heterocycles. The van der Waals surface area contributed by atoms with Gasteiger partial charge in [0.2, 0.25) is 5.91 Å². The predicted molar refractivity (Wildman–Crippen MR) is 38.4 cm³/mol. The molecule has 1 amide bonds. The van der Waals surface area contributed by atoms with E-state index in [-0.39, 0.29) is 18.9 Å². The van der Waals surface area contributed by atoms with Crippen LogP contribution in [0.3, 0.4) is 0 Å². The molecule has 11 heavy (non-hydrogen) atoms. The fourth-order valence-corrected chi connectivity index (χ4v) is 0.529. The summed E-state index contributed by atoms with van der Waals surface area (Å²) >= 11 is 0. The summed E-state index contributed by atoms with van der Waals surface area (Å²) in [6.45, 7) is 1.35. The lowest BCUT2D eigenvalue weighted by Gasteiger charge is -2.11. The standard InChI is InChI=1S/C6H10N2O3/c1-5(9)8(4-7)3-2-6(10)11/h4,7H,2-3H2,1H3,(H,10,11). The van der Waals surface area contributed by atoms with Gasteiger partial charge in [-0.25, -0.2) is 0 Å². The SMILES string of the molecule is CC(=O)N(C=N)CCC(=O)O. The van der Waals surface area contributed by atoms with Gasteiger partial charge < -0.3 is 10.0 Å². The lowest BCUT2D eigenvalue weighted by Crippen LogP contribution is -2.29. The molecule has 0 saturated heterocycles. The van der Waals surface area contributed by atoms with Crippen molar-refractivity contribution >= 4 is 18.2 Å². The molecule has 0 atom stereocenters. The number of hydrogen-bond donors (Lipinski definition) is 2. The minimum atomic E-state index is -0.974. The van der Waals surface area contributed by atoms with Crippen molar-refractivity contribution in [1.82, 2.24) is 4.90 Å². The molecular weight excluding hydrogens is 148 g/mol. The van der Waals surface area contributed by atoms with E-state index in [0.29, 0.717) is 0 Å².